The SMILES string of the molecule is CC(C)COCCNC(=O)c1ccc(F)c(N)c1. The summed E-state index contributed by atoms with van der Waals surface area (Å²) in [6, 6.07) is 3.90. The Morgan fingerprint density at radius 2 is 2.22 bits per heavy atom. The molecule has 0 saturated heterocycles. The molecule has 18 heavy (non-hydrogen) atoms. The highest BCUT2D eigenvalue weighted by Crippen LogP contribution is 2.11. The zero-order valence-corrected chi connectivity index (χ0v) is 10.7. The fraction of sp³-hybridized carbons (Fsp3) is 0.462. The number of carbonyl (C=O) groups excluding carboxylic acids is 1. The molecule has 1 rings (SSSR count). The Labute approximate surface area is 106 Å². The fourth-order valence-corrected chi connectivity index (χ4v) is 1.34. The molecule has 0 unspecified atom stereocenters. The van der Waals surface area contributed by atoms with Crippen LogP contribution in [0.25, 0.3) is 0 Å². The summed E-state index contributed by atoms with van der Waals surface area (Å²) in [5.74, 6) is -0.334. The molecule has 0 heterocycles. The number of nitrogen functional groups attached to an aromatic ring is 1. The second kappa shape index (κ2) is 6.96. The first-order chi connectivity index (χ1) is 8.50. The topological polar surface area (TPSA) is 64.3 Å². The number of hydrogen-bond donors (Lipinski definition) is 2. The largest absolute Gasteiger partial charge is 0.396 e. The molecule has 1 amide bonds. The van der Waals surface area contributed by atoms with Crippen LogP contribution in [0.5, 0.6) is 0 Å². The van der Waals surface area contributed by atoms with Gasteiger partial charge in [-0.3, -0.25) is 4.79 Å². The summed E-state index contributed by atoms with van der Waals surface area (Å²) in [6.07, 6.45) is 0. The van der Waals surface area contributed by atoms with Gasteiger partial charge in [-0.2, -0.15) is 0 Å². The van der Waals surface area contributed by atoms with Crippen molar-refractivity contribution in [2.75, 3.05) is 25.5 Å². The third-order valence-electron chi connectivity index (χ3n) is 2.24. The lowest BCUT2D eigenvalue weighted by Crippen LogP contribution is -2.27. The van der Waals surface area contributed by atoms with Crippen LogP contribution in [0, 0.1) is 11.7 Å². The molecule has 0 saturated carbocycles. The number of carbonyl (C=O) groups is 1. The maximum Gasteiger partial charge on any atom is 0.251 e. The van der Waals surface area contributed by atoms with Gasteiger partial charge >= 0.3 is 0 Å². The molecule has 100 valence electrons. The lowest BCUT2D eigenvalue weighted by Gasteiger charge is -2.08. The summed E-state index contributed by atoms with van der Waals surface area (Å²) < 4.78 is 18.2. The molecule has 0 aliphatic heterocycles. The monoisotopic (exact) mass is 254 g/mol. The zero-order valence-electron chi connectivity index (χ0n) is 10.7. The van der Waals surface area contributed by atoms with Crippen molar-refractivity contribution in [1.29, 1.82) is 0 Å². The maximum absolute atomic E-state index is 12.9. The maximum atomic E-state index is 12.9. The Morgan fingerprint density at radius 1 is 1.50 bits per heavy atom. The second-order valence-electron chi connectivity index (χ2n) is 4.46. The molecule has 0 spiro atoms. The zero-order chi connectivity index (χ0) is 13.5. The van der Waals surface area contributed by atoms with Gasteiger partial charge in [0.15, 0.2) is 0 Å². The smallest absolute Gasteiger partial charge is 0.251 e. The number of nitrogens with one attached hydrogen (secondary N) is 1. The summed E-state index contributed by atoms with van der Waals surface area (Å²) in [7, 11) is 0. The Bertz CT molecular complexity index is 408. The molecule has 3 N–H and O–H groups in total. The average Bonchev–Trinajstić information content (AvgIpc) is 2.31. The average molecular weight is 254 g/mol. The van der Waals surface area contributed by atoms with Gasteiger partial charge in [-0.25, -0.2) is 4.39 Å². The lowest BCUT2D eigenvalue weighted by atomic mass is 10.2. The van der Waals surface area contributed by atoms with Crippen LogP contribution in [-0.2, 0) is 4.74 Å². The van der Waals surface area contributed by atoms with Crippen LogP contribution < -0.4 is 11.1 Å². The first kappa shape index (κ1) is 14.4. The van der Waals surface area contributed by atoms with Crippen LogP contribution in [0.15, 0.2) is 18.2 Å². The normalized spacial score (nSPS) is 10.7. The summed E-state index contributed by atoms with van der Waals surface area (Å²) in [4.78, 5) is 11.7. The van der Waals surface area contributed by atoms with E-state index in [4.69, 9.17) is 10.5 Å². The number of hydrogen-bond acceptors (Lipinski definition) is 3. The first-order valence-electron chi connectivity index (χ1n) is 5.91. The molecular formula is C13H19FN2O2. The molecule has 0 aliphatic carbocycles. The van der Waals surface area contributed by atoms with Crippen LogP contribution >= 0.6 is 0 Å². The molecule has 0 atom stereocenters. The summed E-state index contributed by atoms with van der Waals surface area (Å²) in [6.45, 7) is 5.66. The number of benzene rings is 1. The number of amides is 1. The van der Waals surface area contributed by atoms with Gasteiger partial charge in [-0.05, 0) is 24.1 Å². The molecular weight excluding hydrogens is 235 g/mol. The predicted molar refractivity (Wildman–Crippen MR) is 68.8 cm³/mol. The van der Waals surface area contributed by atoms with E-state index in [9.17, 15) is 9.18 Å². The quantitative estimate of drug-likeness (QED) is 0.601. The van der Waals surface area contributed by atoms with Crippen molar-refractivity contribution in [2.24, 2.45) is 5.92 Å². The van der Waals surface area contributed by atoms with E-state index in [0.29, 0.717) is 31.2 Å². The Kier molecular flexibility index (Phi) is 5.58. The van der Waals surface area contributed by atoms with Gasteiger partial charge in [0.1, 0.15) is 5.82 Å². The Balaban J connectivity index is 2.34. The van der Waals surface area contributed by atoms with Gasteiger partial charge in [0.2, 0.25) is 0 Å². The number of ether oxygens (including phenoxy) is 1. The van der Waals surface area contributed by atoms with Crippen molar-refractivity contribution in [2.45, 2.75) is 13.8 Å². The summed E-state index contributed by atoms with van der Waals surface area (Å²) in [5.41, 5.74) is 5.70. The first-order valence-corrected chi connectivity index (χ1v) is 5.91. The molecule has 5 heteroatoms. The minimum absolute atomic E-state index is 0.0290. The molecule has 0 fully saturated rings. The lowest BCUT2D eigenvalue weighted by molar-refractivity contribution is 0.0886. The number of anilines is 1. The van der Waals surface area contributed by atoms with E-state index in [1.165, 1.54) is 18.2 Å². The third kappa shape index (κ3) is 4.71. The van der Waals surface area contributed by atoms with Crippen LogP contribution in [0.1, 0.15) is 24.2 Å². The van der Waals surface area contributed by atoms with Crippen molar-refractivity contribution < 1.29 is 13.9 Å². The third-order valence-corrected chi connectivity index (χ3v) is 2.24. The predicted octanol–water partition coefficient (Wildman–Crippen LogP) is 1.81. The molecule has 0 radical (unpaired) electrons. The van der Waals surface area contributed by atoms with Gasteiger partial charge < -0.3 is 15.8 Å². The van der Waals surface area contributed by atoms with Gasteiger partial charge in [0, 0.05) is 18.7 Å². The van der Waals surface area contributed by atoms with Gasteiger partial charge in [-0.1, -0.05) is 13.8 Å². The molecule has 1 aromatic carbocycles. The van der Waals surface area contributed by atoms with Gasteiger partial charge in [0.05, 0.1) is 12.3 Å². The van der Waals surface area contributed by atoms with Crippen LogP contribution in [-0.4, -0.2) is 25.7 Å². The highest BCUT2D eigenvalue weighted by molar-refractivity contribution is 5.94. The molecule has 1 aromatic rings. The van der Waals surface area contributed by atoms with Crippen molar-refractivity contribution in [3.8, 4) is 0 Å². The van der Waals surface area contributed by atoms with Crippen LogP contribution in [0.4, 0.5) is 10.1 Å². The van der Waals surface area contributed by atoms with E-state index in [0.717, 1.165) is 0 Å². The fourth-order valence-electron chi connectivity index (χ4n) is 1.34. The van der Waals surface area contributed by atoms with Crippen LogP contribution in [0.2, 0.25) is 0 Å². The van der Waals surface area contributed by atoms with E-state index in [1.807, 2.05) is 0 Å². The van der Waals surface area contributed by atoms with E-state index in [1.54, 1.807) is 0 Å². The highest BCUT2D eigenvalue weighted by atomic mass is 19.1. The molecule has 0 aliphatic rings. The van der Waals surface area contributed by atoms with Crippen molar-refractivity contribution in [3.63, 3.8) is 0 Å². The minimum atomic E-state index is -0.521. The summed E-state index contributed by atoms with van der Waals surface area (Å²) in [5, 5.41) is 2.68. The van der Waals surface area contributed by atoms with E-state index in [2.05, 4.69) is 19.2 Å². The molecule has 0 aromatic heterocycles. The highest BCUT2D eigenvalue weighted by Gasteiger charge is 2.07. The van der Waals surface area contributed by atoms with Crippen molar-refractivity contribution in [1.82, 2.24) is 5.32 Å². The van der Waals surface area contributed by atoms with Crippen molar-refractivity contribution in [3.05, 3.63) is 29.6 Å². The Hall–Kier alpha value is -1.62. The molecule has 4 nitrogen and oxygen atoms in total. The standard InChI is InChI=1S/C13H19FN2O2/c1-9(2)8-18-6-5-16-13(17)10-3-4-11(14)12(15)7-10/h3-4,7,9H,5-6,8,15H2,1-2H3,(H,16,17). The Morgan fingerprint density at radius 3 is 2.83 bits per heavy atom. The van der Waals surface area contributed by atoms with Gasteiger partial charge in [-0.15, -0.1) is 0 Å². The summed E-state index contributed by atoms with van der Waals surface area (Å²) >= 11 is 0. The van der Waals surface area contributed by atoms with Gasteiger partial charge in [0.25, 0.3) is 5.91 Å². The minimum Gasteiger partial charge on any atom is -0.396 e. The second-order valence-corrected chi connectivity index (χ2v) is 4.46. The molecule has 0 bridgehead atoms. The number of nitrogens with two attached hydrogens (primary N) is 1. The number of rotatable bonds is 6. The van der Waals surface area contributed by atoms with Crippen LogP contribution in [0.3, 0.4) is 0 Å². The van der Waals surface area contributed by atoms with Crippen molar-refractivity contribution >= 4 is 11.6 Å². The van der Waals surface area contributed by atoms with E-state index in [-0.39, 0.29) is 11.6 Å². The van der Waals surface area contributed by atoms with E-state index < -0.39 is 5.82 Å². The number of halogens is 1. The van der Waals surface area contributed by atoms with E-state index >= 15 is 0 Å².